The highest BCUT2D eigenvalue weighted by atomic mass is 16.4. The van der Waals surface area contributed by atoms with E-state index in [0.29, 0.717) is 13.0 Å². The highest BCUT2D eigenvalue weighted by molar-refractivity contribution is 5.83. The van der Waals surface area contributed by atoms with Crippen LogP contribution in [0.1, 0.15) is 51.9 Å². The molecule has 1 heterocycles. The van der Waals surface area contributed by atoms with Crippen molar-refractivity contribution in [2.45, 2.75) is 63.5 Å². The van der Waals surface area contributed by atoms with Gasteiger partial charge in [0.15, 0.2) is 0 Å². The molecule has 2 aliphatic rings. The van der Waals surface area contributed by atoms with Crippen LogP contribution < -0.4 is 5.32 Å². The SMILES string of the molecule is CC1(NC(=O)N2CCCCCCC2C(=O)O)CC1. The summed E-state index contributed by atoms with van der Waals surface area (Å²) in [7, 11) is 0. The zero-order chi connectivity index (χ0) is 13.2. The normalized spacial score (nSPS) is 26.9. The van der Waals surface area contributed by atoms with E-state index >= 15 is 0 Å². The number of aliphatic carboxylic acids is 1. The summed E-state index contributed by atoms with van der Waals surface area (Å²) in [6, 6.07) is -0.864. The molecule has 1 unspecified atom stereocenters. The Hall–Kier alpha value is -1.26. The van der Waals surface area contributed by atoms with E-state index < -0.39 is 12.0 Å². The van der Waals surface area contributed by atoms with E-state index in [4.69, 9.17) is 0 Å². The van der Waals surface area contributed by atoms with Crippen molar-refractivity contribution >= 4 is 12.0 Å². The summed E-state index contributed by atoms with van der Waals surface area (Å²) in [5, 5.41) is 12.2. The molecular formula is C13H22N2O3. The van der Waals surface area contributed by atoms with Crippen LogP contribution in [0.15, 0.2) is 0 Å². The van der Waals surface area contributed by atoms with Gasteiger partial charge in [0.1, 0.15) is 6.04 Å². The maximum Gasteiger partial charge on any atom is 0.326 e. The van der Waals surface area contributed by atoms with Crippen LogP contribution in [0.5, 0.6) is 0 Å². The molecule has 5 heteroatoms. The van der Waals surface area contributed by atoms with Gasteiger partial charge in [-0.05, 0) is 32.6 Å². The number of rotatable bonds is 2. The summed E-state index contributed by atoms with van der Waals surface area (Å²) < 4.78 is 0. The lowest BCUT2D eigenvalue weighted by Gasteiger charge is -2.32. The summed E-state index contributed by atoms with van der Waals surface area (Å²) in [5.41, 5.74) is -0.0947. The molecule has 2 N–H and O–H groups in total. The molecule has 1 saturated heterocycles. The summed E-state index contributed by atoms with van der Waals surface area (Å²) >= 11 is 0. The van der Waals surface area contributed by atoms with E-state index in [1.165, 1.54) is 4.90 Å². The summed E-state index contributed by atoms with van der Waals surface area (Å²) in [6.07, 6.45) is 6.48. The van der Waals surface area contributed by atoms with Gasteiger partial charge < -0.3 is 15.3 Å². The third-order valence-electron chi connectivity index (χ3n) is 3.96. The molecule has 2 amide bonds. The maximum atomic E-state index is 12.2. The van der Waals surface area contributed by atoms with Gasteiger partial charge >= 0.3 is 12.0 Å². The second kappa shape index (κ2) is 5.16. The van der Waals surface area contributed by atoms with Crippen LogP contribution in [-0.4, -0.2) is 40.1 Å². The van der Waals surface area contributed by atoms with Crippen LogP contribution in [0.4, 0.5) is 4.79 Å². The first kappa shape index (κ1) is 13.2. The van der Waals surface area contributed by atoms with Crippen molar-refractivity contribution < 1.29 is 14.7 Å². The monoisotopic (exact) mass is 254 g/mol. The van der Waals surface area contributed by atoms with Crippen molar-refractivity contribution in [2.24, 2.45) is 0 Å². The minimum atomic E-state index is -0.881. The molecule has 0 bridgehead atoms. The van der Waals surface area contributed by atoms with E-state index in [1.54, 1.807) is 0 Å². The first-order chi connectivity index (χ1) is 8.52. The summed E-state index contributed by atoms with van der Waals surface area (Å²) in [4.78, 5) is 25.0. The van der Waals surface area contributed by atoms with Crippen molar-refractivity contribution in [1.29, 1.82) is 0 Å². The van der Waals surface area contributed by atoms with Gasteiger partial charge in [0.2, 0.25) is 0 Å². The molecule has 2 fully saturated rings. The number of hydrogen-bond acceptors (Lipinski definition) is 2. The highest BCUT2D eigenvalue weighted by Gasteiger charge is 2.41. The molecule has 1 aliphatic carbocycles. The molecule has 0 spiro atoms. The van der Waals surface area contributed by atoms with Gasteiger partial charge in [-0.2, -0.15) is 0 Å². The standard InChI is InChI=1S/C13H22N2O3/c1-13(7-8-13)14-12(18)15-9-5-3-2-4-6-10(15)11(16)17/h10H,2-9H2,1H3,(H,14,18)(H,16,17). The molecule has 1 aliphatic heterocycles. The second-order valence-corrected chi connectivity index (χ2v) is 5.74. The van der Waals surface area contributed by atoms with Crippen LogP contribution in [0, 0.1) is 0 Å². The van der Waals surface area contributed by atoms with E-state index in [2.05, 4.69) is 5.32 Å². The summed E-state index contributed by atoms with van der Waals surface area (Å²) in [5.74, 6) is -0.881. The Balaban J connectivity index is 2.03. The fraction of sp³-hybridized carbons (Fsp3) is 0.846. The van der Waals surface area contributed by atoms with Crippen molar-refractivity contribution in [3.05, 3.63) is 0 Å². The van der Waals surface area contributed by atoms with Crippen molar-refractivity contribution in [2.75, 3.05) is 6.54 Å². The fourth-order valence-corrected chi connectivity index (χ4v) is 2.43. The minimum absolute atomic E-state index is 0.0947. The van der Waals surface area contributed by atoms with E-state index in [0.717, 1.165) is 38.5 Å². The Bertz CT molecular complexity index is 339. The van der Waals surface area contributed by atoms with Gasteiger partial charge in [-0.15, -0.1) is 0 Å². The Kier molecular flexibility index (Phi) is 3.78. The Labute approximate surface area is 108 Å². The third-order valence-corrected chi connectivity index (χ3v) is 3.96. The number of carboxylic acids is 1. The van der Waals surface area contributed by atoms with Crippen molar-refractivity contribution in [3.63, 3.8) is 0 Å². The minimum Gasteiger partial charge on any atom is -0.480 e. The molecule has 0 aromatic rings. The largest absolute Gasteiger partial charge is 0.480 e. The average Bonchev–Trinajstić information content (AvgIpc) is 2.94. The van der Waals surface area contributed by atoms with Gasteiger partial charge in [-0.3, -0.25) is 0 Å². The molecule has 18 heavy (non-hydrogen) atoms. The van der Waals surface area contributed by atoms with E-state index in [1.807, 2.05) is 6.92 Å². The zero-order valence-corrected chi connectivity index (χ0v) is 10.9. The number of nitrogens with zero attached hydrogens (tertiary/aromatic N) is 1. The quantitative estimate of drug-likeness (QED) is 0.791. The molecule has 0 aromatic heterocycles. The van der Waals surface area contributed by atoms with Gasteiger partial charge in [-0.1, -0.05) is 19.3 Å². The Morgan fingerprint density at radius 3 is 2.50 bits per heavy atom. The van der Waals surface area contributed by atoms with E-state index in [9.17, 15) is 14.7 Å². The lowest BCUT2D eigenvalue weighted by molar-refractivity contribution is -0.142. The number of urea groups is 1. The molecule has 0 aromatic carbocycles. The first-order valence-corrected chi connectivity index (χ1v) is 6.83. The number of hydrogen-bond donors (Lipinski definition) is 2. The third kappa shape index (κ3) is 3.15. The number of likely N-dealkylation sites (tertiary alicyclic amines) is 1. The Morgan fingerprint density at radius 2 is 1.89 bits per heavy atom. The maximum absolute atomic E-state index is 12.2. The topological polar surface area (TPSA) is 69.6 Å². The molecule has 1 atom stereocenters. The number of carboxylic acid groups (broad SMARTS) is 1. The zero-order valence-electron chi connectivity index (χ0n) is 10.9. The lowest BCUT2D eigenvalue weighted by Crippen LogP contribution is -2.52. The molecule has 102 valence electrons. The van der Waals surface area contributed by atoms with Gasteiger partial charge in [0, 0.05) is 12.1 Å². The smallest absolute Gasteiger partial charge is 0.326 e. The van der Waals surface area contributed by atoms with Gasteiger partial charge in [-0.25, -0.2) is 9.59 Å². The number of nitrogens with one attached hydrogen (secondary N) is 1. The molecule has 5 nitrogen and oxygen atoms in total. The van der Waals surface area contributed by atoms with Crippen LogP contribution in [0.3, 0.4) is 0 Å². The predicted molar refractivity (Wildman–Crippen MR) is 67.4 cm³/mol. The number of carbonyl (C=O) groups is 2. The van der Waals surface area contributed by atoms with E-state index in [-0.39, 0.29) is 11.6 Å². The summed E-state index contributed by atoms with van der Waals surface area (Å²) in [6.45, 7) is 2.56. The van der Waals surface area contributed by atoms with Crippen LogP contribution in [-0.2, 0) is 4.79 Å². The fourth-order valence-electron chi connectivity index (χ4n) is 2.43. The molecule has 1 saturated carbocycles. The molecule has 2 rings (SSSR count). The predicted octanol–water partition coefficient (Wildman–Crippen LogP) is 1.97. The number of amides is 2. The lowest BCUT2D eigenvalue weighted by atomic mass is 10.0. The van der Waals surface area contributed by atoms with Crippen LogP contribution >= 0.6 is 0 Å². The highest BCUT2D eigenvalue weighted by Crippen LogP contribution is 2.34. The molecule has 0 radical (unpaired) electrons. The van der Waals surface area contributed by atoms with Gasteiger partial charge in [0.25, 0.3) is 0 Å². The average molecular weight is 254 g/mol. The first-order valence-electron chi connectivity index (χ1n) is 6.83. The van der Waals surface area contributed by atoms with Crippen molar-refractivity contribution in [3.8, 4) is 0 Å². The van der Waals surface area contributed by atoms with Gasteiger partial charge in [0.05, 0.1) is 0 Å². The van der Waals surface area contributed by atoms with Crippen LogP contribution in [0.25, 0.3) is 0 Å². The van der Waals surface area contributed by atoms with Crippen LogP contribution in [0.2, 0.25) is 0 Å². The van der Waals surface area contributed by atoms with Crippen molar-refractivity contribution in [1.82, 2.24) is 10.2 Å². The number of carbonyl (C=O) groups excluding carboxylic acids is 1. The Morgan fingerprint density at radius 1 is 1.22 bits per heavy atom. The molecular weight excluding hydrogens is 232 g/mol. The second-order valence-electron chi connectivity index (χ2n) is 5.74.